The average Bonchev–Trinajstić information content (AvgIpc) is 2.14. The Morgan fingerprint density at radius 1 is 1.67 bits per heavy atom. The van der Waals surface area contributed by atoms with E-state index >= 15 is 0 Å². The van der Waals surface area contributed by atoms with Gasteiger partial charge in [0.25, 0.3) is 0 Å². The Hall–Kier alpha value is -0.280. The number of hydrogen-bond acceptors (Lipinski definition) is 2. The van der Waals surface area contributed by atoms with Crippen LogP contribution in [0.3, 0.4) is 0 Å². The Balaban J connectivity index is 2.85. The molecule has 0 aliphatic carbocycles. The van der Waals surface area contributed by atoms with Gasteiger partial charge in [-0.2, -0.15) is 0 Å². The summed E-state index contributed by atoms with van der Waals surface area (Å²) in [7, 11) is 1.76. The lowest BCUT2D eigenvalue weighted by molar-refractivity contribution is 0.714. The van der Waals surface area contributed by atoms with Crippen molar-refractivity contribution in [3.8, 4) is 0 Å². The second-order valence-corrected chi connectivity index (χ2v) is 2.71. The molecular formula is C4H5Cl2N3. The van der Waals surface area contributed by atoms with Crippen LogP contribution in [0, 0.1) is 0 Å². The molecule has 1 heterocycles. The van der Waals surface area contributed by atoms with Crippen LogP contribution in [0.5, 0.6) is 0 Å². The van der Waals surface area contributed by atoms with Crippen molar-refractivity contribution in [2.24, 2.45) is 7.05 Å². The molecule has 3 nitrogen and oxygen atoms in total. The van der Waals surface area contributed by atoms with Crippen molar-refractivity contribution < 1.29 is 0 Å². The fourth-order valence-corrected chi connectivity index (χ4v) is 0.665. The van der Waals surface area contributed by atoms with E-state index in [0.717, 1.165) is 0 Å². The molecule has 0 saturated heterocycles. The fraction of sp³-hybridized carbons (Fsp3) is 0.500. The molecule has 0 spiro atoms. The first kappa shape index (κ1) is 6.83. The predicted molar refractivity (Wildman–Crippen MR) is 35.5 cm³/mol. The zero-order valence-corrected chi connectivity index (χ0v) is 6.26. The molecule has 0 fully saturated rings. The lowest BCUT2D eigenvalue weighted by atomic mass is 10.5. The fourth-order valence-electron chi connectivity index (χ4n) is 0.465. The van der Waals surface area contributed by atoms with Crippen LogP contribution in [0.25, 0.3) is 0 Å². The molecule has 0 N–H and O–H groups in total. The van der Waals surface area contributed by atoms with E-state index in [1.807, 2.05) is 0 Å². The summed E-state index contributed by atoms with van der Waals surface area (Å²) in [6.45, 7) is 0. The molecule has 0 unspecified atom stereocenters. The van der Waals surface area contributed by atoms with E-state index < -0.39 is 4.84 Å². The van der Waals surface area contributed by atoms with Crippen LogP contribution in [0.15, 0.2) is 6.20 Å². The van der Waals surface area contributed by atoms with E-state index in [-0.39, 0.29) is 0 Å². The summed E-state index contributed by atoms with van der Waals surface area (Å²) in [4.78, 5) is -0.571. The smallest absolute Gasteiger partial charge is 0.153 e. The van der Waals surface area contributed by atoms with Crippen molar-refractivity contribution >= 4 is 23.2 Å². The number of alkyl halides is 2. The molecule has 1 rings (SSSR count). The van der Waals surface area contributed by atoms with Gasteiger partial charge in [-0.25, -0.2) is 0 Å². The molecule has 1 aromatic rings. The topological polar surface area (TPSA) is 30.7 Å². The third kappa shape index (κ3) is 1.56. The van der Waals surface area contributed by atoms with Crippen molar-refractivity contribution in [3.05, 3.63) is 11.9 Å². The Kier molecular flexibility index (Phi) is 1.93. The van der Waals surface area contributed by atoms with Gasteiger partial charge in [-0.1, -0.05) is 28.4 Å². The largest absolute Gasteiger partial charge is 0.255 e. The van der Waals surface area contributed by atoms with Gasteiger partial charge in [0.05, 0.1) is 6.20 Å². The summed E-state index contributed by atoms with van der Waals surface area (Å²) >= 11 is 10.9. The summed E-state index contributed by atoms with van der Waals surface area (Å²) in [6.07, 6.45) is 1.67. The molecule has 0 aliphatic heterocycles. The standard InChI is InChI=1S/C4H5Cl2N3/c1-9-2-3(4(5)6)7-8-9/h2,4H,1H3. The molecule has 0 aliphatic rings. The van der Waals surface area contributed by atoms with Crippen molar-refractivity contribution in [1.82, 2.24) is 15.0 Å². The highest BCUT2D eigenvalue weighted by molar-refractivity contribution is 6.43. The molecule has 0 radical (unpaired) electrons. The van der Waals surface area contributed by atoms with E-state index in [1.165, 1.54) is 0 Å². The molecule has 0 saturated carbocycles. The lowest BCUT2D eigenvalue weighted by Gasteiger charge is -1.88. The predicted octanol–water partition coefficient (Wildman–Crippen LogP) is 1.29. The number of hydrogen-bond donors (Lipinski definition) is 0. The Morgan fingerprint density at radius 3 is 2.56 bits per heavy atom. The van der Waals surface area contributed by atoms with Crippen molar-refractivity contribution in [3.63, 3.8) is 0 Å². The van der Waals surface area contributed by atoms with Crippen molar-refractivity contribution in [2.45, 2.75) is 4.84 Å². The normalized spacial score (nSPS) is 10.7. The van der Waals surface area contributed by atoms with Gasteiger partial charge in [0.2, 0.25) is 0 Å². The van der Waals surface area contributed by atoms with E-state index in [0.29, 0.717) is 5.69 Å². The van der Waals surface area contributed by atoms with Crippen molar-refractivity contribution in [1.29, 1.82) is 0 Å². The summed E-state index contributed by atoms with van der Waals surface area (Å²) in [5.41, 5.74) is 0.584. The monoisotopic (exact) mass is 165 g/mol. The number of aryl methyl sites for hydroxylation is 1. The first-order valence-electron chi connectivity index (χ1n) is 2.34. The summed E-state index contributed by atoms with van der Waals surface area (Å²) in [5.74, 6) is 0. The van der Waals surface area contributed by atoms with Gasteiger partial charge in [-0.3, -0.25) is 4.68 Å². The highest BCUT2D eigenvalue weighted by Crippen LogP contribution is 2.20. The van der Waals surface area contributed by atoms with Crippen molar-refractivity contribution in [2.75, 3.05) is 0 Å². The molecule has 1 aromatic heterocycles. The number of aromatic nitrogens is 3. The van der Waals surface area contributed by atoms with Crippen LogP contribution in [-0.4, -0.2) is 15.0 Å². The number of rotatable bonds is 1. The molecule has 5 heteroatoms. The zero-order chi connectivity index (χ0) is 6.85. The van der Waals surface area contributed by atoms with E-state index in [9.17, 15) is 0 Å². The third-order valence-corrected chi connectivity index (χ3v) is 1.29. The first-order chi connectivity index (χ1) is 4.20. The summed E-state index contributed by atoms with van der Waals surface area (Å²) in [6, 6.07) is 0. The highest BCUT2D eigenvalue weighted by Gasteiger charge is 2.05. The lowest BCUT2D eigenvalue weighted by Crippen LogP contribution is -1.85. The minimum Gasteiger partial charge on any atom is -0.255 e. The molecule has 0 aromatic carbocycles. The maximum Gasteiger partial charge on any atom is 0.153 e. The first-order valence-corrected chi connectivity index (χ1v) is 3.22. The molecule has 0 amide bonds. The van der Waals surface area contributed by atoms with Gasteiger partial charge in [-0.05, 0) is 0 Å². The summed E-state index contributed by atoms with van der Waals surface area (Å²) in [5, 5.41) is 7.30. The minimum atomic E-state index is -0.571. The minimum absolute atomic E-state index is 0.571. The SMILES string of the molecule is Cn1cc(C(Cl)Cl)nn1. The van der Waals surface area contributed by atoms with Gasteiger partial charge < -0.3 is 0 Å². The second kappa shape index (κ2) is 2.54. The van der Waals surface area contributed by atoms with E-state index in [2.05, 4.69) is 10.3 Å². The van der Waals surface area contributed by atoms with Crippen LogP contribution in [0.2, 0.25) is 0 Å². The van der Waals surface area contributed by atoms with Crippen LogP contribution in [0.1, 0.15) is 10.5 Å². The molecular weight excluding hydrogens is 161 g/mol. The maximum atomic E-state index is 5.47. The van der Waals surface area contributed by atoms with Crippen LogP contribution >= 0.6 is 23.2 Å². The zero-order valence-electron chi connectivity index (χ0n) is 4.75. The van der Waals surface area contributed by atoms with Gasteiger partial charge in [0.15, 0.2) is 4.84 Å². The molecule has 50 valence electrons. The average molecular weight is 166 g/mol. The Labute approximate surface area is 62.6 Å². The van der Waals surface area contributed by atoms with Gasteiger partial charge in [0.1, 0.15) is 5.69 Å². The Bertz CT molecular complexity index is 195. The number of nitrogens with zero attached hydrogens (tertiary/aromatic N) is 3. The summed E-state index contributed by atoms with van der Waals surface area (Å²) < 4.78 is 1.55. The third-order valence-electron chi connectivity index (χ3n) is 0.844. The maximum absolute atomic E-state index is 5.47. The van der Waals surface area contributed by atoms with Crippen LogP contribution < -0.4 is 0 Å². The Morgan fingerprint density at radius 2 is 2.33 bits per heavy atom. The van der Waals surface area contributed by atoms with E-state index in [4.69, 9.17) is 23.2 Å². The van der Waals surface area contributed by atoms with Gasteiger partial charge >= 0.3 is 0 Å². The van der Waals surface area contributed by atoms with Gasteiger partial charge in [-0.15, -0.1) is 5.10 Å². The molecule has 9 heavy (non-hydrogen) atoms. The van der Waals surface area contributed by atoms with E-state index in [1.54, 1.807) is 17.9 Å². The van der Waals surface area contributed by atoms with Crippen LogP contribution in [-0.2, 0) is 7.05 Å². The molecule has 0 bridgehead atoms. The number of halogens is 2. The second-order valence-electron chi connectivity index (χ2n) is 1.62. The quantitative estimate of drug-likeness (QED) is 0.588. The van der Waals surface area contributed by atoms with Crippen LogP contribution in [0.4, 0.5) is 0 Å². The highest BCUT2D eigenvalue weighted by atomic mass is 35.5. The van der Waals surface area contributed by atoms with Gasteiger partial charge in [0, 0.05) is 7.05 Å². The molecule has 0 atom stereocenters.